The van der Waals surface area contributed by atoms with Gasteiger partial charge in [0.15, 0.2) is 0 Å². The van der Waals surface area contributed by atoms with Crippen LogP contribution in [0.2, 0.25) is 0 Å². The monoisotopic (exact) mass is 372 g/mol. The first-order chi connectivity index (χ1) is 12.9. The van der Waals surface area contributed by atoms with E-state index < -0.39 is 0 Å². The molecule has 8 heteroatoms. The Labute approximate surface area is 158 Å². The maximum atomic E-state index is 5.92. The number of methoxy groups -OCH3 is 2. The standard InChI is InChI=1S/C19H24N4O4/c1-11-16(24-5)8-7-14(18(11)25-6)19-20-15(12(2)26-19)9-23(4)10-17-22-21-13(3)27-17/h7-8H,9-10H2,1-6H3. The van der Waals surface area contributed by atoms with E-state index in [1.807, 2.05) is 37.9 Å². The van der Waals surface area contributed by atoms with Crippen molar-refractivity contribution in [1.29, 1.82) is 0 Å². The van der Waals surface area contributed by atoms with Crippen LogP contribution in [0.4, 0.5) is 0 Å². The van der Waals surface area contributed by atoms with Gasteiger partial charge in [-0.25, -0.2) is 4.98 Å². The lowest BCUT2D eigenvalue weighted by Crippen LogP contribution is -2.18. The number of aryl methyl sites for hydroxylation is 2. The van der Waals surface area contributed by atoms with Crippen LogP contribution in [0.3, 0.4) is 0 Å². The van der Waals surface area contributed by atoms with Crippen LogP contribution in [-0.4, -0.2) is 41.3 Å². The molecule has 0 fully saturated rings. The molecule has 8 nitrogen and oxygen atoms in total. The van der Waals surface area contributed by atoms with Crippen LogP contribution in [0.5, 0.6) is 11.5 Å². The number of aromatic nitrogens is 3. The zero-order valence-corrected chi connectivity index (χ0v) is 16.5. The van der Waals surface area contributed by atoms with Crippen LogP contribution < -0.4 is 9.47 Å². The Balaban J connectivity index is 1.83. The summed E-state index contributed by atoms with van der Waals surface area (Å²) in [7, 11) is 5.23. The number of hydrogen-bond acceptors (Lipinski definition) is 8. The summed E-state index contributed by atoms with van der Waals surface area (Å²) in [5.74, 6) is 3.86. The molecule has 0 unspecified atom stereocenters. The van der Waals surface area contributed by atoms with E-state index in [0.717, 1.165) is 28.3 Å². The van der Waals surface area contributed by atoms with Crippen LogP contribution in [-0.2, 0) is 13.1 Å². The number of benzene rings is 1. The number of oxazole rings is 1. The van der Waals surface area contributed by atoms with Crippen LogP contribution in [0.25, 0.3) is 11.5 Å². The van der Waals surface area contributed by atoms with Gasteiger partial charge in [-0.3, -0.25) is 4.90 Å². The third kappa shape index (κ3) is 3.95. The van der Waals surface area contributed by atoms with Gasteiger partial charge in [0.05, 0.1) is 32.0 Å². The van der Waals surface area contributed by atoms with Gasteiger partial charge in [-0.05, 0) is 33.0 Å². The Morgan fingerprint density at radius 2 is 1.78 bits per heavy atom. The van der Waals surface area contributed by atoms with Gasteiger partial charge in [0.25, 0.3) is 0 Å². The molecule has 3 rings (SSSR count). The van der Waals surface area contributed by atoms with Gasteiger partial charge in [0.1, 0.15) is 17.3 Å². The molecule has 0 atom stereocenters. The lowest BCUT2D eigenvalue weighted by molar-refractivity contribution is 0.275. The Bertz CT molecular complexity index is 932. The fourth-order valence-electron chi connectivity index (χ4n) is 2.96. The van der Waals surface area contributed by atoms with E-state index in [1.54, 1.807) is 21.1 Å². The van der Waals surface area contributed by atoms with E-state index in [2.05, 4.69) is 15.2 Å². The highest BCUT2D eigenvalue weighted by Gasteiger charge is 2.20. The summed E-state index contributed by atoms with van der Waals surface area (Å²) in [4.78, 5) is 6.72. The molecule has 1 aromatic carbocycles. The zero-order valence-electron chi connectivity index (χ0n) is 16.5. The minimum atomic E-state index is 0.520. The maximum absolute atomic E-state index is 5.92. The van der Waals surface area contributed by atoms with Gasteiger partial charge in [0, 0.05) is 19.0 Å². The summed E-state index contributed by atoms with van der Waals surface area (Å²) in [5, 5.41) is 7.87. The Morgan fingerprint density at radius 1 is 1.00 bits per heavy atom. The molecule has 0 saturated heterocycles. The molecule has 0 amide bonds. The van der Waals surface area contributed by atoms with Crippen LogP contribution in [0.15, 0.2) is 21.0 Å². The second-order valence-electron chi connectivity index (χ2n) is 6.38. The van der Waals surface area contributed by atoms with Gasteiger partial charge in [-0.2, -0.15) is 0 Å². The highest BCUT2D eigenvalue weighted by molar-refractivity contribution is 5.68. The van der Waals surface area contributed by atoms with E-state index >= 15 is 0 Å². The SMILES string of the molecule is COc1ccc(-c2nc(CN(C)Cc3nnc(C)o3)c(C)o2)c(OC)c1C. The van der Waals surface area contributed by atoms with Gasteiger partial charge in [-0.1, -0.05) is 0 Å². The first-order valence-electron chi connectivity index (χ1n) is 8.58. The average molecular weight is 372 g/mol. The number of ether oxygens (including phenoxy) is 2. The van der Waals surface area contributed by atoms with Gasteiger partial charge in [0.2, 0.25) is 17.7 Å². The number of rotatable bonds is 7. The van der Waals surface area contributed by atoms with Gasteiger partial charge >= 0.3 is 0 Å². The van der Waals surface area contributed by atoms with Crippen molar-refractivity contribution in [3.8, 4) is 23.0 Å². The van der Waals surface area contributed by atoms with E-state index in [4.69, 9.17) is 18.3 Å². The predicted octanol–water partition coefficient (Wildman–Crippen LogP) is 3.30. The third-order valence-corrected chi connectivity index (χ3v) is 4.30. The van der Waals surface area contributed by atoms with E-state index in [1.165, 1.54) is 0 Å². The topological polar surface area (TPSA) is 86.7 Å². The predicted molar refractivity (Wildman–Crippen MR) is 98.7 cm³/mol. The average Bonchev–Trinajstić information content (AvgIpc) is 3.20. The summed E-state index contributed by atoms with van der Waals surface area (Å²) < 4.78 is 22.3. The largest absolute Gasteiger partial charge is 0.496 e. The normalized spacial score (nSPS) is 11.2. The van der Waals surface area contributed by atoms with Gasteiger partial charge < -0.3 is 18.3 Å². The van der Waals surface area contributed by atoms with Crippen molar-refractivity contribution >= 4 is 0 Å². The first kappa shape index (κ1) is 18.9. The quantitative estimate of drug-likeness (QED) is 0.624. The molecule has 0 saturated carbocycles. The molecule has 144 valence electrons. The van der Waals surface area contributed by atoms with Crippen molar-refractivity contribution in [2.24, 2.45) is 0 Å². The molecule has 0 radical (unpaired) electrons. The minimum absolute atomic E-state index is 0.520. The molecule has 0 bridgehead atoms. The molecule has 0 N–H and O–H groups in total. The smallest absolute Gasteiger partial charge is 0.230 e. The highest BCUT2D eigenvalue weighted by Crippen LogP contribution is 2.38. The number of hydrogen-bond donors (Lipinski definition) is 0. The molecular formula is C19H24N4O4. The molecule has 3 aromatic rings. The maximum Gasteiger partial charge on any atom is 0.230 e. The lowest BCUT2D eigenvalue weighted by Gasteiger charge is -2.13. The van der Waals surface area contributed by atoms with Crippen LogP contribution in [0.1, 0.15) is 28.8 Å². The molecular weight excluding hydrogens is 348 g/mol. The van der Waals surface area contributed by atoms with Crippen LogP contribution >= 0.6 is 0 Å². The zero-order chi connectivity index (χ0) is 19.6. The molecule has 2 heterocycles. The van der Waals surface area contributed by atoms with Crippen LogP contribution in [0, 0.1) is 20.8 Å². The van der Waals surface area contributed by atoms with E-state index in [0.29, 0.717) is 36.5 Å². The molecule has 27 heavy (non-hydrogen) atoms. The Kier molecular flexibility index (Phi) is 5.46. The van der Waals surface area contributed by atoms with Crippen molar-refractivity contribution in [1.82, 2.24) is 20.1 Å². The Hall–Kier alpha value is -2.87. The summed E-state index contributed by atoms with van der Waals surface area (Å²) in [6.07, 6.45) is 0. The minimum Gasteiger partial charge on any atom is -0.496 e. The van der Waals surface area contributed by atoms with E-state index in [-0.39, 0.29) is 0 Å². The summed E-state index contributed by atoms with van der Waals surface area (Å²) in [5.41, 5.74) is 2.54. The summed E-state index contributed by atoms with van der Waals surface area (Å²) in [6, 6.07) is 3.78. The summed E-state index contributed by atoms with van der Waals surface area (Å²) in [6.45, 7) is 6.74. The highest BCUT2D eigenvalue weighted by atomic mass is 16.5. The molecule has 2 aromatic heterocycles. The van der Waals surface area contributed by atoms with Crippen molar-refractivity contribution in [3.63, 3.8) is 0 Å². The van der Waals surface area contributed by atoms with Crippen molar-refractivity contribution in [2.75, 3.05) is 21.3 Å². The van der Waals surface area contributed by atoms with E-state index in [9.17, 15) is 0 Å². The fourth-order valence-corrected chi connectivity index (χ4v) is 2.96. The van der Waals surface area contributed by atoms with Gasteiger partial charge in [-0.15, -0.1) is 10.2 Å². The lowest BCUT2D eigenvalue weighted by atomic mass is 10.1. The third-order valence-electron chi connectivity index (χ3n) is 4.30. The molecule has 0 aliphatic rings. The fraction of sp³-hybridized carbons (Fsp3) is 0.421. The first-order valence-corrected chi connectivity index (χ1v) is 8.58. The molecule has 0 spiro atoms. The molecule has 0 aliphatic heterocycles. The van der Waals surface area contributed by atoms with Crippen molar-refractivity contribution in [2.45, 2.75) is 33.9 Å². The molecule has 0 aliphatic carbocycles. The second kappa shape index (κ2) is 7.79. The Morgan fingerprint density at radius 3 is 2.41 bits per heavy atom. The van der Waals surface area contributed by atoms with Crippen molar-refractivity contribution < 1.29 is 18.3 Å². The second-order valence-corrected chi connectivity index (χ2v) is 6.38. The van der Waals surface area contributed by atoms with Crippen molar-refractivity contribution in [3.05, 3.63) is 40.9 Å². The summed E-state index contributed by atoms with van der Waals surface area (Å²) >= 11 is 0. The number of nitrogens with zero attached hydrogens (tertiary/aromatic N) is 4.